The summed E-state index contributed by atoms with van der Waals surface area (Å²) in [6.45, 7) is 0. The first-order valence-corrected chi connectivity index (χ1v) is 8.41. The fourth-order valence-corrected chi connectivity index (χ4v) is 3.74. The van der Waals surface area contributed by atoms with Crippen LogP contribution in [0.15, 0.2) is 54.6 Å². The third kappa shape index (κ3) is 2.50. The summed E-state index contributed by atoms with van der Waals surface area (Å²) in [6, 6.07) is 15.9. The summed E-state index contributed by atoms with van der Waals surface area (Å²) in [5.74, 6) is 0.525. The number of methoxy groups -OCH3 is 1. The molecule has 0 N–H and O–H groups in total. The summed E-state index contributed by atoms with van der Waals surface area (Å²) in [5, 5.41) is 0. The molecular formula is C21H20O3. The first-order chi connectivity index (χ1) is 11.7. The van der Waals surface area contributed by atoms with Gasteiger partial charge in [-0.3, -0.25) is 0 Å². The van der Waals surface area contributed by atoms with Crippen molar-refractivity contribution in [1.82, 2.24) is 0 Å². The molecule has 1 heterocycles. The largest absolute Gasteiger partial charge is 0.483 e. The van der Waals surface area contributed by atoms with E-state index >= 15 is 0 Å². The lowest BCUT2D eigenvalue weighted by Crippen LogP contribution is -2.33. The standard InChI is InChI=1S/C21H20O3/c1-23-20(22)16-9-10-19-17(13-16)18(15-7-3-2-4-8-15)14-21(24-19)11-5-6-12-21/h2-4,7-10,13-14H,5-6,11-12H2,1H3. The lowest BCUT2D eigenvalue weighted by atomic mass is 9.87. The fraction of sp³-hybridized carbons (Fsp3) is 0.286. The smallest absolute Gasteiger partial charge is 0.337 e. The van der Waals surface area contributed by atoms with Crippen molar-refractivity contribution in [3.63, 3.8) is 0 Å². The number of esters is 1. The number of carbonyl (C=O) groups excluding carboxylic acids is 1. The molecule has 1 saturated carbocycles. The van der Waals surface area contributed by atoms with Crippen LogP contribution >= 0.6 is 0 Å². The van der Waals surface area contributed by atoms with E-state index in [4.69, 9.17) is 9.47 Å². The van der Waals surface area contributed by atoms with Crippen LogP contribution in [0.3, 0.4) is 0 Å². The predicted molar refractivity (Wildman–Crippen MR) is 93.1 cm³/mol. The molecule has 4 rings (SSSR count). The minimum atomic E-state index is -0.327. The van der Waals surface area contributed by atoms with Gasteiger partial charge in [0.25, 0.3) is 0 Å². The fourth-order valence-electron chi connectivity index (χ4n) is 3.74. The van der Waals surface area contributed by atoms with Gasteiger partial charge < -0.3 is 9.47 Å². The maximum absolute atomic E-state index is 11.9. The van der Waals surface area contributed by atoms with Gasteiger partial charge in [-0.25, -0.2) is 4.79 Å². The van der Waals surface area contributed by atoms with E-state index in [1.807, 2.05) is 30.3 Å². The van der Waals surface area contributed by atoms with Crippen LogP contribution in [0.4, 0.5) is 0 Å². The number of benzene rings is 2. The number of ether oxygens (including phenoxy) is 2. The molecule has 1 fully saturated rings. The van der Waals surface area contributed by atoms with Gasteiger partial charge >= 0.3 is 5.97 Å². The van der Waals surface area contributed by atoms with Gasteiger partial charge in [-0.15, -0.1) is 0 Å². The zero-order chi connectivity index (χ0) is 16.6. The summed E-state index contributed by atoms with van der Waals surface area (Å²) in [7, 11) is 1.40. The molecule has 2 aromatic carbocycles. The summed E-state index contributed by atoms with van der Waals surface area (Å²) >= 11 is 0. The number of fused-ring (bicyclic) bond motifs is 1. The molecule has 0 atom stereocenters. The third-order valence-electron chi connectivity index (χ3n) is 4.95. The van der Waals surface area contributed by atoms with E-state index in [1.54, 1.807) is 6.07 Å². The maximum Gasteiger partial charge on any atom is 0.337 e. The molecule has 1 aliphatic heterocycles. The maximum atomic E-state index is 11.9. The molecule has 2 aliphatic rings. The van der Waals surface area contributed by atoms with Gasteiger partial charge in [-0.2, -0.15) is 0 Å². The SMILES string of the molecule is COC(=O)c1ccc2c(c1)C(c1ccccc1)=CC1(CCCC1)O2. The van der Waals surface area contributed by atoms with Gasteiger partial charge in [0, 0.05) is 5.56 Å². The van der Waals surface area contributed by atoms with Crippen LogP contribution in [0.25, 0.3) is 5.57 Å². The molecule has 122 valence electrons. The van der Waals surface area contributed by atoms with Gasteiger partial charge in [0.15, 0.2) is 0 Å². The Morgan fingerprint density at radius 3 is 2.54 bits per heavy atom. The van der Waals surface area contributed by atoms with E-state index in [-0.39, 0.29) is 11.6 Å². The summed E-state index contributed by atoms with van der Waals surface area (Å²) < 4.78 is 11.2. The van der Waals surface area contributed by atoms with E-state index < -0.39 is 0 Å². The highest BCUT2D eigenvalue weighted by Gasteiger charge is 2.38. The quantitative estimate of drug-likeness (QED) is 0.758. The van der Waals surface area contributed by atoms with Crippen molar-refractivity contribution in [2.24, 2.45) is 0 Å². The van der Waals surface area contributed by atoms with Crippen LogP contribution in [-0.2, 0) is 4.74 Å². The Kier molecular flexibility index (Phi) is 3.64. The van der Waals surface area contributed by atoms with Crippen LogP contribution in [0.5, 0.6) is 5.75 Å². The zero-order valence-corrected chi connectivity index (χ0v) is 13.7. The Hall–Kier alpha value is -2.55. The highest BCUT2D eigenvalue weighted by Crippen LogP contribution is 2.46. The summed E-state index contributed by atoms with van der Waals surface area (Å²) in [5.41, 5.74) is 3.59. The first kappa shape index (κ1) is 15.0. The van der Waals surface area contributed by atoms with Crippen molar-refractivity contribution in [1.29, 1.82) is 0 Å². The highest BCUT2D eigenvalue weighted by atomic mass is 16.5. The van der Waals surface area contributed by atoms with Crippen LogP contribution < -0.4 is 4.74 Å². The molecule has 24 heavy (non-hydrogen) atoms. The molecular weight excluding hydrogens is 300 g/mol. The second-order valence-corrected chi connectivity index (χ2v) is 6.50. The molecule has 1 aliphatic carbocycles. The monoisotopic (exact) mass is 320 g/mol. The van der Waals surface area contributed by atoms with Crippen LogP contribution in [-0.4, -0.2) is 18.7 Å². The summed E-state index contributed by atoms with van der Waals surface area (Å²) in [4.78, 5) is 11.9. The zero-order valence-electron chi connectivity index (χ0n) is 13.7. The van der Waals surface area contributed by atoms with Gasteiger partial charge in [0.2, 0.25) is 0 Å². The average Bonchev–Trinajstić information content (AvgIpc) is 3.08. The lowest BCUT2D eigenvalue weighted by molar-refractivity contribution is 0.0600. The molecule has 0 unspecified atom stereocenters. The number of hydrogen-bond acceptors (Lipinski definition) is 3. The Balaban J connectivity index is 1.87. The number of hydrogen-bond donors (Lipinski definition) is 0. The first-order valence-electron chi connectivity index (χ1n) is 8.41. The van der Waals surface area contributed by atoms with Crippen molar-refractivity contribution in [2.45, 2.75) is 31.3 Å². The molecule has 2 aromatic rings. The van der Waals surface area contributed by atoms with Crippen molar-refractivity contribution >= 4 is 11.5 Å². The molecule has 0 amide bonds. The molecule has 0 aromatic heterocycles. The van der Waals surface area contributed by atoms with Gasteiger partial charge in [-0.05, 0) is 61.1 Å². The van der Waals surface area contributed by atoms with E-state index in [0.717, 1.165) is 35.3 Å². The second-order valence-electron chi connectivity index (χ2n) is 6.50. The van der Waals surface area contributed by atoms with Crippen molar-refractivity contribution in [3.8, 4) is 5.75 Å². The van der Waals surface area contributed by atoms with Gasteiger partial charge in [0.1, 0.15) is 11.4 Å². The van der Waals surface area contributed by atoms with Crippen molar-refractivity contribution in [2.75, 3.05) is 7.11 Å². The van der Waals surface area contributed by atoms with Gasteiger partial charge in [0.05, 0.1) is 12.7 Å². The molecule has 1 spiro atoms. The minimum Gasteiger partial charge on any atom is -0.483 e. The molecule has 0 radical (unpaired) electrons. The number of rotatable bonds is 2. The predicted octanol–water partition coefficient (Wildman–Crippen LogP) is 4.61. The normalized spacial score (nSPS) is 17.8. The number of carbonyl (C=O) groups is 1. The second kappa shape index (κ2) is 5.82. The molecule has 3 heteroatoms. The average molecular weight is 320 g/mol. The van der Waals surface area contributed by atoms with E-state index in [9.17, 15) is 4.79 Å². The summed E-state index contributed by atoms with van der Waals surface area (Å²) in [6.07, 6.45) is 6.73. The highest BCUT2D eigenvalue weighted by molar-refractivity contribution is 5.93. The van der Waals surface area contributed by atoms with E-state index in [1.165, 1.54) is 20.0 Å². The minimum absolute atomic E-state index is 0.203. The molecule has 0 bridgehead atoms. The van der Waals surface area contributed by atoms with E-state index in [2.05, 4.69) is 18.2 Å². The topological polar surface area (TPSA) is 35.5 Å². The third-order valence-corrected chi connectivity index (χ3v) is 4.95. The van der Waals surface area contributed by atoms with Crippen LogP contribution in [0.1, 0.15) is 47.2 Å². The molecule has 3 nitrogen and oxygen atoms in total. The van der Waals surface area contributed by atoms with Crippen molar-refractivity contribution < 1.29 is 14.3 Å². The van der Waals surface area contributed by atoms with Gasteiger partial charge in [-0.1, -0.05) is 30.3 Å². The molecule has 0 saturated heterocycles. The Morgan fingerprint density at radius 1 is 1.08 bits per heavy atom. The van der Waals surface area contributed by atoms with Crippen LogP contribution in [0, 0.1) is 0 Å². The Labute approximate surface area is 141 Å². The van der Waals surface area contributed by atoms with E-state index in [0.29, 0.717) is 5.56 Å². The van der Waals surface area contributed by atoms with Crippen molar-refractivity contribution in [3.05, 3.63) is 71.3 Å². The van der Waals surface area contributed by atoms with Crippen LogP contribution in [0.2, 0.25) is 0 Å². The Bertz CT molecular complexity index is 799. The lowest BCUT2D eigenvalue weighted by Gasteiger charge is -2.34. The Morgan fingerprint density at radius 2 is 1.83 bits per heavy atom.